The van der Waals surface area contributed by atoms with Gasteiger partial charge in [0.1, 0.15) is 0 Å². The molecule has 25 heavy (non-hydrogen) atoms. The number of hydrogen-bond donors (Lipinski definition) is 1. The van der Waals surface area contributed by atoms with Crippen molar-refractivity contribution < 1.29 is 4.79 Å². The Bertz CT molecular complexity index is 996. The molecule has 0 saturated carbocycles. The summed E-state index contributed by atoms with van der Waals surface area (Å²) in [6.45, 7) is 0. The van der Waals surface area contributed by atoms with Crippen molar-refractivity contribution in [2.45, 2.75) is 12.8 Å². The number of rotatable bonds is 4. The van der Waals surface area contributed by atoms with Crippen LogP contribution in [0.5, 0.6) is 0 Å². The third-order valence-electron chi connectivity index (χ3n) is 4.57. The van der Waals surface area contributed by atoms with Crippen molar-refractivity contribution >= 4 is 28.6 Å². The molecule has 1 aromatic heterocycles. The molecular weight excluding hydrogens is 310 g/mol. The van der Waals surface area contributed by atoms with Crippen LogP contribution in [0.15, 0.2) is 71.5 Å². The number of amides is 1. The van der Waals surface area contributed by atoms with Gasteiger partial charge < -0.3 is 4.57 Å². The monoisotopic (exact) mass is 329 g/mol. The molecular formula is C21H19N3O. The van der Waals surface area contributed by atoms with E-state index in [1.165, 1.54) is 5.56 Å². The molecule has 1 aliphatic heterocycles. The lowest BCUT2D eigenvalue weighted by atomic mass is 10.0. The molecule has 0 radical (unpaired) electrons. The minimum absolute atomic E-state index is 0.129. The van der Waals surface area contributed by atoms with Crippen molar-refractivity contribution in [3.63, 3.8) is 0 Å². The van der Waals surface area contributed by atoms with Crippen molar-refractivity contribution in [2.24, 2.45) is 12.1 Å². The van der Waals surface area contributed by atoms with E-state index >= 15 is 0 Å². The highest BCUT2D eigenvalue weighted by atomic mass is 16.2. The van der Waals surface area contributed by atoms with Gasteiger partial charge in [0.2, 0.25) is 0 Å². The van der Waals surface area contributed by atoms with E-state index in [1.54, 1.807) is 0 Å². The van der Waals surface area contributed by atoms with E-state index in [-0.39, 0.29) is 5.91 Å². The van der Waals surface area contributed by atoms with Crippen LogP contribution in [0.1, 0.15) is 17.5 Å². The van der Waals surface area contributed by atoms with E-state index in [9.17, 15) is 4.79 Å². The molecule has 1 aliphatic rings. The molecule has 0 spiro atoms. The topological polar surface area (TPSA) is 46.4 Å². The van der Waals surface area contributed by atoms with Crippen LogP contribution in [0.25, 0.3) is 17.0 Å². The molecule has 3 aromatic rings. The lowest BCUT2D eigenvalue weighted by Gasteiger charge is -2.02. The van der Waals surface area contributed by atoms with Gasteiger partial charge in [0.25, 0.3) is 5.91 Å². The molecule has 4 nitrogen and oxygen atoms in total. The summed E-state index contributed by atoms with van der Waals surface area (Å²) in [4.78, 5) is 12.2. The number of hydrogen-bond acceptors (Lipinski definition) is 2. The molecule has 0 bridgehead atoms. The van der Waals surface area contributed by atoms with E-state index in [1.807, 2.05) is 43.5 Å². The number of aryl methyl sites for hydroxylation is 2. The molecule has 0 atom stereocenters. The Morgan fingerprint density at radius 3 is 2.64 bits per heavy atom. The maximum Gasteiger partial charge on any atom is 0.273 e. The van der Waals surface area contributed by atoms with Gasteiger partial charge in [-0.2, -0.15) is 5.10 Å². The normalized spacial score (nSPS) is 15.6. The minimum Gasteiger partial charge on any atom is -0.350 e. The number of aromatic nitrogens is 1. The van der Waals surface area contributed by atoms with E-state index in [0.717, 1.165) is 35.0 Å². The number of para-hydroxylation sites is 1. The molecule has 2 aromatic carbocycles. The van der Waals surface area contributed by atoms with Gasteiger partial charge in [-0.15, -0.1) is 0 Å². The Hall–Kier alpha value is -3.14. The maximum atomic E-state index is 12.2. The Morgan fingerprint density at radius 1 is 1.04 bits per heavy atom. The highest BCUT2D eigenvalue weighted by molar-refractivity contribution is 6.28. The lowest BCUT2D eigenvalue weighted by Crippen LogP contribution is -2.13. The second kappa shape index (κ2) is 6.40. The SMILES string of the molecule is Cn1cc(/C=C2\C(=O)NN=C2CCc2ccccc2)c2ccccc21. The van der Waals surface area contributed by atoms with Crippen molar-refractivity contribution in [3.05, 3.63) is 77.5 Å². The highest BCUT2D eigenvalue weighted by Gasteiger charge is 2.22. The zero-order valence-corrected chi connectivity index (χ0v) is 14.1. The van der Waals surface area contributed by atoms with Crippen molar-refractivity contribution in [2.75, 3.05) is 0 Å². The van der Waals surface area contributed by atoms with Gasteiger partial charge in [0.15, 0.2) is 0 Å². The smallest absolute Gasteiger partial charge is 0.273 e. The molecule has 4 heteroatoms. The highest BCUT2D eigenvalue weighted by Crippen LogP contribution is 2.24. The number of hydrazone groups is 1. The molecule has 0 unspecified atom stereocenters. The quantitative estimate of drug-likeness (QED) is 0.729. The molecule has 4 rings (SSSR count). The van der Waals surface area contributed by atoms with Crippen LogP contribution in [-0.4, -0.2) is 16.2 Å². The zero-order chi connectivity index (χ0) is 17.2. The van der Waals surface area contributed by atoms with Crippen LogP contribution in [0.4, 0.5) is 0 Å². The Balaban J connectivity index is 1.64. The molecule has 0 fully saturated rings. The van der Waals surface area contributed by atoms with Crippen LogP contribution >= 0.6 is 0 Å². The van der Waals surface area contributed by atoms with E-state index < -0.39 is 0 Å². The van der Waals surface area contributed by atoms with Gasteiger partial charge in [0.05, 0.1) is 11.3 Å². The molecule has 0 aliphatic carbocycles. The first-order valence-corrected chi connectivity index (χ1v) is 8.39. The second-order valence-electron chi connectivity index (χ2n) is 6.26. The summed E-state index contributed by atoms with van der Waals surface area (Å²) in [6, 6.07) is 18.5. The summed E-state index contributed by atoms with van der Waals surface area (Å²) in [5.41, 5.74) is 7.52. The van der Waals surface area contributed by atoms with E-state index in [4.69, 9.17) is 0 Å². The first-order chi connectivity index (χ1) is 12.2. The average Bonchev–Trinajstić information content (AvgIpc) is 3.15. The fourth-order valence-corrected chi connectivity index (χ4v) is 3.26. The van der Waals surface area contributed by atoms with Gasteiger partial charge in [-0.25, -0.2) is 5.43 Å². The maximum absolute atomic E-state index is 12.2. The fraction of sp³-hybridized carbons (Fsp3) is 0.143. The third-order valence-corrected chi connectivity index (χ3v) is 4.57. The molecule has 2 heterocycles. The van der Waals surface area contributed by atoms with Crippen LogP contribution in [0, 0.1) is 0 Å². The van der Waals surface area contributed by atoms with Gasteiger partial charge in [-0.3, -0.25) is 4.79 Å². The largest absolute Gasteiger partial charge is 0.350 e. The fourth-order valence-electron chi connectivity index (χ4n) is 3.26. The first kappa shape index (κ1) is 15.4. The Kier molecular flexibility index (Phi) is 3.94. The van der Waals surface area contributed by atoms with Gasteiger partial charge in [-0.05, 0) is 30.5 Å². The number of nitrogens with zero attached hydrogens (tertiary/aromatic N) is 2. The van der Waals surface area contributed by atoms with Crippen molar-refractivity contribution in [3.8, 4) is 0 Å². The summed E-state index contributed by atoms with van der Waals surface area (Å²) in [5.74, 6) is -0.129. The van der Waals surface area contributed by atoms with E-state index in [0.29, 0.717) is 5.57 Å². The van der Waals surface area contributed by atoms with Gasteiger partial charge in [-0.1, -0.05) is 48.5 Å². The Morgan fingerprint density at radius 2 is 1.80 bits per heavy atom. The summed E-state index contributed by atoms with van der Waals surface area (Å²) in [5, 5.41) is 5.38. The van der Waals surface area contributed by atoms with Crippen LogP contribution in [-0.2, 0) is 18.3 Å². The summed E-state index contributed by atoms with van der Waals surface area (Å²) in [7, 11) is 2.02. The molecule has 1 N–H and O–H groups in total. The van der Waals surface area contributed by atoms with Gasteiger partial charge >= 0.3 is 0 Å². The lowest BCUT2D eigenvalue weighted by molar-refractivity contribution is -0.116. The zero-order valence-electron chi connectivity index (χ0n) is 14.1. The van der Waals surface area contributed by atoms with Crippen molar-refractivity contribution in [1.29, 1.82) is 0 Å². The summed E-state index contributed by atoms with van der Waals surface area (Å²) in [6.07, 6.45) is 5.60. The number of benzene rings is 2. The summed E-state index contributed by atoms with van der Waals surface area (Å²) >= 11 is 0. The second-order valence-corrected chi connectivity index (χ2v) is 6.26. The van der Waals surface area contributed by atoms with Crippen LogP contribution < -0.4 is 5.43 Å². The number of fused-ring (bicyclic) bond motifs is 1. The molecule has 124 valence electrons. The summed E-state index contributed by atoms with van der Waals surface area (Å²) < 4.78 is 2.08. The van der Waals surface area contributed by atoms with Crippen LogP contribution in [0.3, 0.4) is 0 Å². The van der Waals surface area contributed by atoms with Gasteiger partial charge in [0, 0.05) is 29.7 Å². The van der Waals surface area contributed by atoms with Crippen molar-refractivity contribution in [1.82, 2.24) is 9.99 Å². The van der Waals surface area contributed by atoms with E-state index in [2.05, 4.69) is 45.6 Å². The molecule has 1 amide bonds. The number of carbonyl (C=O) groups is 1. The first-order valence-electron chi connectivity index (χ1n) is 8.39. The average molecular weight is 329 g/mol. The molecule has 0 saturated heterocycles. The third kappa shape index (κ3) is 2.98. The van der Waals surface area contributed by atoms with Crippen LogP contribution in [0.2, 0.25) is 0 Å². The number of carbonyl (C=O) groups excluding carboxylic acids is 1. The predicted octanol–water partition coefficient (Wildman–Crippen LogP) is 3.68. The Labute approximate surface area is 146 Å². The number of nitrogens with one attached hydrogen (secondary N) is 1. The predicted molar refractivity (Wildman–Crippen MR) is 101 cm³/mol. The standard InChI is InChI=1S/C21H19N3O/c1-24-14-16(17-9-5-6-10-20(17)24)13-18-19(22-23-21(18)25)12-11-15-7-3-2-4-8-15/h2-10,13-14H,11-12H2,1H3,(H,23,25)/b18-13-. The minimum atomic E-state index is -0.129.